The quantitative estimate of drug-likeness (QED) is 0.395. The first-order valence-corrected chi connectivity index (χ1v) is 5.92. The van der Waals surface area contributed by atoms with Crippen LogP contribution in [0.25, 0.3) is 27.3 Å². The zero-order chi connectivity index (χ0) is 13.1. The second kappa shape index (κ2) is 4.84. The van der Waals surface area contributed by atoms with Crippen molar-refractivity contribution in [2.24, 2.45) is 5.11 Å². The summed E-state index contributed by atoms with van der Waals surface area (Å²) >= 11 is 0. The number of pyridine rings is 1. The van der Waals surface area contributed by atoms with Gasteiger partial charge in [0, 0.05) is 16.7 Å². The lowest BCUT2D eigenvalue weighted by atomic mass is 10.1. The third-order valence-electron chi connectivity index (χ3n) is 2.96. The van der Waals surface area contributed by atoms with Crippen LogP contribution in [0.1, 0.15) is 5.69 Å². The van der Waals surface area contributed by atoms with Crippen LogP contribution in [0.3, 0.4) is 0 Å². The van der Waals surface area contributed by atoms with Gasteiger partial charge in [0.1, 0.15) is 5.65 Å². The standard InChI is InChI=1S/C14H11N5/c15-18-16-10-12-14(11-6-2-1-3-7-11)17-13-8-4-5-9-19(12)13/h1-9H,10H2. The normalized spacial score (nSPS) is 10.3. The van der Waals surface area contributed by atoms with Crippen LogP contribution in [0.2, 0.25) is 0 Å². The fourth-order valence-electron chi connectivity index (χ4n) is 2.12. The molecule has 0 aliphatic rings. The van der Waals surface area contributed by atoms with Crippen LogP contribution in [0.5, 0.6) is 0 Å². The zero-order valence-corrected chi connectivity index (χ0v) is 10.1. The number of hydrogen-bond donors (Lipinski definition) is 0. The molecule has 92 valence electrons. The molecule has 3 rings (SSSR count). The van der Waals surface area contributed by atoms with Gasteiger partial charge in [-0.15, -0.1) is 0 Å². The first kappa shape index (κ1) is 11.3. The highest BCUT2D eigenvalue weighted by molar-refractivity contribution is 5.66. The van der Waals surface area contributed by atoms with Gasteiger partial charge >= 0.3 is 0 Å². The van der Waals surface area contributed by atoms with Gasteiger partial charge in [0.15, 0.2) is 0 Å². The Balaban J connectivity index is 2.25. The van der Waals surface area contributed by atoms with E-state index in [4.69, 9.17) is 5.53 Å². The summed E-state index contributed by atoms with van der Waals surface area (Å²) in [7, 11) is 0. The molecule has 1 aromatic carbocycles. The Kier molecular flexibility index (Phi) is 2.88. The molecule has 0 radical (unpaired) electrons. The summed E-state index contributed by atoms with van der Waals surface area (Å²) in [4.78, 5) is 7.45. The summed E-state index contributed by atoms with van der Waals surface area (Å²) in [6.45, 7) is 0.284. The summed E-state index contributed by atoms with van der Waals surface area (Å²) in [6, 6.07) is 15.7. The molecule has 19 heavy (non-hydrogen) atoms. The number of aromatic nitrogens is 2. The van der Waals surface area contributed by atoms with Gasteiger partial charge in [0.25, 0.3) is 0 Å². The molecule has 0 spiro atoms. The average molecular weight is 249 g/mol. The molecule has 0 amide bonds. The SMILES string of the molecule is [N-]=[N+]=NCc1c(-c2ccccc2)nc2ccccn12. The lowest BCUT2D eigenvalue weighted by Crippen LogP contribution is -1.92. The molecule has 0 saturated carbocycles. The van der Waals surface area contributed by atoms with E-state index in [1.54, 1.807) is 0 Å². The molecule has 0 N–H and O–H groups in total. The number of azide groups is 1. The minimum Gasteiger partial charge on any atom is -0.303 e. The Morgan fingerprint density at radius 3 is 2.68 bits per heavy atom. The average Bonchev–Trinajstić information content (AvgIpc) is 2.85. The van der Waals surface area contributed by atoms with Crippen molar-refractivity contribution >= 4 is 5.65 Å². The first-order valence-electron chi connectivity index (χ1n) is 5.92. The molecule has 0 fully saturated rings. The molecular weight excluding hydrogens is 238 g/mol. The Morgan fingerprint density at radius 1 is 1.11 bits per heavy atom. The van der Waals surface area contributed by atoms with Gasteiger partial charge in [-0.1, -0.05) is 41.5 Å². The molecule has 2 aromatic heterocycles. The van der Waals surface area contributed by atoms with E-state index < -0.39 is 0 Å². The third-order valence-corrected chi connectivity index (χ3v) is 2.96. The van der Waals surface area contributed by atoms with Crippen LogP contribution < -0.4 is 0 Å². The Hall–Kier alpha value is -2.78. The summed E-state index contributed by atoms with van der Waals surface area (Å²) in [5.74, 6) is 0. The predicted molar refractivity (Wildman–Crippen MR) is 73.5 cm³/mol. The third kappa shape index (κ3) is 2.03. The Labute approximate surface area is 109 Å². The highest BCUT2D eigenvalue weighted by Crippen LogP contribution is 2.24. The number of nitrogens with zero attached hydrogens (tertiary/aromatic N) is 5. The summed E-state index contributed by atoms with van der Waals surface area (Å²) < 4.78 is 1.96. The van der Waals surface area contributed by atoms with Gasteiger partial charge in [0.05, 0.1) is 17.9 Å². The summed E-state index contributed by atoms with van der Waals surface area (Å²) in [5, 5.41) is 3.67. The highest BCUT2D eigenvalue weighted by atomic mass is 15.1. The van der Waals surface area contributed by atoms with Gasteiger partial charge < -0.3 is 4.40 Å². The van der Waals surface area contributed by atoms with Crippen LogP contribution in [-0.4, -0.2) is 9.38 Å². The van der Waals surface area contributed by atoms with E-state index in [9.17, 15) is 0 Å². The van der Waals surface area contributed by atoms with Crippen LogP contribution in [0, 0.1) is 0 Å². The van der Waals surface area contributed by atoms with E-state index in [2.05, 4.69) is 15.0 Å². The van der Waals surface area contributed by atoms with Gasteiger partial charge in [0.2, 0.25) is 0 Å². The monoisotopic (exact) mass is 249 g/mol. The molecule has 0 saturated heterocycles. The Bertz CT molecular complexity index is 754. The topological polar surface area (TPSA) is 66.1 Å². The van der Waals surface area contributed by atoms with Crippen molar-refractivity contribution in [1.29, 1.82) is 0 Å². The van der Waals surface area contributed by atoms with Crippen molar-refractivity contribution in [2.75, 3.05) is 0 Å². The van der Waals surface area contributed by atoms with Crippen LogP contribution in [0.4, 0.5) is 0 Å². The molecule has 2 heterocycles. The van der Waals surface area contributed by atoms with Crippen molar-refractivity contribution in [3.05, 3.63) is 70.9 Å². The zero-order valence-electron chi connectivity index (χ0n) is 10.1. The van der Waals surface area contributed by atoms with Crippen LogP contribution >= 0.6 is 0 Å². The molecular formula is C14H11N5. The number of fused-ring (bicyclic) bond motifs is 1. The molecule has 0 atom stereocenters. The van der Waals surface area contributed by atoms with E-state index in [1.165, 1.54) is 0 Å². The number of benzene rings is 1. The van der Waals surface area contributed by atoms with Crippen LogP contribution in [0.15, 0.2) is 59.8 Å². The van der Waals surface area contributed by atoms with E-state index >= 15 is 0 Å². The maximum atomic E-state index is 8.53. The number of rotatable bonds is 3. The molecule has 0 aliphatic carbocycles. The Morgan fingerprint density at radius 2 is 1.89 bits per heavy atom. The number of hydrogen-bond acceptors (Lipinski definition) is 2. The second-order valence-electron chi connectivity index (χ2n) is 4.09. The van der Waals surface area contributed by atoms with E-state index in [-0.39, 0.29) is 6.54 Å². The van der Waals surface area contributed by atoms with Crippen LogP contribution in [-0.2, 0) is 6.54 Å². The van der Waals surface area contributed by atoms with E-state index in [0.717, 1.165) is 22.6 Å². The minimum absolute atomic E-state index is 0.284. The van der Waals surface area contributed by atoms with E-state index in [1.807, 2.05) is 59.1 Å². The molecule has 5 heteroatoms. The fourth-order valence-corrected chi connectivity index (χ4v) is 2.12. The van der Waals surface area contributed by atoms with Crippen molar-refractivity contribution in [3.63, 3.8) is 0 Å². The lowest BCUT2D eigenvalue weighted by Gasteiger charge is -2.01. The lowest BCUT2D eigenvalue weighted by molar-refractivity contribution is 0.950. The van der Waals surface area contributed by atoms with Gasteiger partial charge in [-0.25, -0.2) is 4.98 Å². The summed E-state index contributed by atoms with van der Waals surface area (Å²) in [6.07, 6.45) is 1.93. The fraction of sp³-hybridized carbons (Fsp3) is 0.0714. The van der Waals surface area contributed by atoms with Gasteiger partial charge in [-0.05, 0) is 17.7 Å². The minimum atomic E-state index is 0.284. The van der Waals surface area contributed by atoms with Crippen molar-refractivity contribution in [2.45, 2.75) is 6.54 Å². The van der Waals surface area contributed by atoms with Crippen molar-refractivity contribution < 1.29 is 0 Å². The summed E-state index contributed by atoms with van der Waals surface area (Å²) in [5.41, 5.74) is 12.2. The molecule has 0 unspecified atom stereocenters. The highest BCUT2D eigenvalue weighted by Gasteiger charge is 2.12. The largest absolute Gasteiger partial charge is 0.303 e. The van der Waals surface area contributed by atoms with Gasteiger partial charge in [-0.2, -0.15) is 0 Å². The maximum absolute atomic E-state index is 8.53. The second-order valence-corrected chi connectivity index (χ2v) is 4.09. The van der Waals surface area contributed by atoms with Crippen molar-refractivity contribution in [1.82, 2.24) is 9.38 Å². The smallest absolute Gasteiger partial charge is 0.137 e. The predicted octanol–water partition coefficient (Wildman–Crippen LogP) is 3.81. The number of imidazole rings is 1. The molecule has 0 aliphatic heterocycles. The van der Waals surface area contributed by atoms with Gasteiger partial charge in [-0.3, -0.25) is 0 Å². The maximum Gasteiger partial charge on any atom is 0.137 e. The molecule has 3 aromatic rings. The van der Waals surface area contributed by atoms with Crippen molar-refractivity contribution in [3.8, 4) is 11.3 Å². The molecule has 5 nitrogen and oxygen atoms in total. The first-order chi connectivity index (χ1) is 9.40. The molecule has 0 bridgehead atoms. The van der Waals surface area contributed by atoms with E-state index in [0.29, 0.717) is 0 Å².